The van der Waals surface area contributed by atoms with E-state index in [4.69, 9.17) is 10.3 Å². The topological polar surface area (TPSA) is 80.4 Å². The van der Waals surface area contributed by atoms with Crippen molar-refractivity contribution >= 4 is 10.1 Å². The Morgan fingerprint density at radius 1 is 1.60 bits per heavy atom. The smallest absolute Gasteiger partial charge is 0.267 e. The molecule has 1 atom stereocenters. The lowest BCUT2D eigenvalue weighted by molar-refractivity contribution is 0.459. The molecule has 0 amide bonds. The summed E-state index contributed by atoms with van der Waals surface area (Å²) in [6.45, 7) is 1.99. The summed E-state index contributed by atoms with van der Waals surface area (Å²) in [6.07, 6.45) is 0.741. The number of hydrogen-bond acceptors (Lipinski definition) is 3. The minimum atomic E-state index is -3.86. The Hall–Kier alpha value is -0.130. The molecular weight excluding hydrogens is 154 g/mol. The zero-order chi connectivity index (χ0) is 8.20. The van der Waals surface area contributed by atoms with Gasteiger partial charge >= 0.3 is 0 Å². The lowest BCUT2D eigenvalue weighted by Crippen LogP contribution is -2.22. The summed E-state index contributed by atoms with van der Waals surface area (Å²) >= 11 is 0. The highest BCUT2D eigenvalue weighted by atomic mass is 32.2. The van der Waals surface area contributed by atoms with Crippen molar-refractivity contribution in [2.75, 3.05) is 6.54 Å². The first-order valence-corrected chi connectivity index (χ1v) is 4.69. The van der Waals surface area contributed by atoms with Crippen molar-refractivity contribution < 1.29 is 13.0 Å². The molecule has 0 spiro atoms. The highest BCUT2D eigenvalue weighted by Gasteiger charge is 2.18. The first-order valence-electron chi connectivity index (χ1n) is 3.18. The molecule has 0 saturated heterocycles. The van der Waals surface area contributed by atoms with Crippen LogP contribution in [-0.2, 0) is 10.1 Å². The average Bonchev–Trinajstić information content (AvgIpc) is 1.80. The largest absolute Gasteiger partial charge is 0.330 e. The molecule has 0 aromatic carbocycles. The Kier molecular flexibility index (Phi) is 3.85. The molecule has 3 N–H and O–H groups in total. The number of rotatable bonds is 4. The molecule has 0 fully saturated rings. The van der Waals surface area contributed by atoms with Gasteiger partial charge in [-0.1, -0.05) is 6.92 Å². The van der Waals surface area contributed by atoms with Crippen LogP contribution in [0.1, 0.15) is 19.8 Å². The highest BCUT2D eigenvalue weighted by molar-refractivity contribution is 7.86. The third-order valence-corrected chi connectivity index (χ3v) is 2.78. The molecule has 0 aliphatic rings. The maximum atomic E-state index is 10.5. The lowest BCUT2D eigenvalue weighted by atomic mass is 10.2. The normalized spacial score (nSPS) is 15.1. The number of hydrogen-bond donors (Lipinski definition) is 2. The van der Waals surface area contributed by atoms with E-state index in [0.717, 1.165) is 0 Å². The Bertz CT molecular complexity index is 175. The standard InChI is InChI=1S/C5H13NO3S/c1-2-5(3-4-6)10(7,8)9/h5H,2-4,6H2,1H3,(H,7,8,9). The van der Waals surface area contributed by atoms with Crippen LogP contribution < -0.4 is 5.73 Å². The summed E-state index contributed by atoms with van der Waals surface area (Å²) in [5.74, 6) is 0. The molecule has 4 nitrogen and oxygen atoms in total. The van der Waals surface area contributed by atoms with Crippen LogP contribution in [0.4, 0.5) is 0 Å². The van der Waals surface area contributed by atoms with Crippen molar-refractivity contribution in [3.8, 4) is 0 Å². The van der Waals surface area contributed by atoms with Crippen LogP contribution in [0, 0.1) is 0 Å². The average molecular weight is 167 g/mol. The summed E-state index contributed by atoms with van der Waals surface area (Å²) < 4.78 is 29.4. The fourth-order valence-electron chi connectivity index (χ4n) is 0.750. The van der Waals surface area contributed by atoms with Gasteiger partial charge < -0.3 is 5.73 Å². The minimum absolute atomic E-state index is 0.290. The molecule has 0 aromatic rings. The summed E-state index contributed by atoms with van der Waals surface area (Å²) in [5.41, 5.74) is 5.13. The second-order valence-corrected chi connectivity index (χ2v) is 3.82. The van der Waals surface area contributed by atoms with E-state index in [9.17, 15) is 8.42 Å². The SMILES string of the molecule is CCC(CCN)S(=O)(=O)O. The van der Waals surface area contributed by atoms with Gasteiger partial charge in [-0.2, -0.15) is 8.42 Å². The van der Waals surface area contributed by atoms with Crippen molar-refractivity contribution in [2.24, 2.45) is 5.73 Å². The van der Waals surface area contributed by atoms with Crippen LogP contribution in [0.25, 0.3) is 0 Å². The first-order chi connectivity index (χ1) is 4.52. The van der Waals surface area contributed by atoms with E-state index in [1.54, 1.807) is 6.92 Å². The van der Waals surface area contributed by atoms with Gasteiger partial charge in [0.1, 0.15) is 0 Å². The predicted octanol–water partition coefficient (Wildman–Crippen LogP) is 0.00160. The first kappa shape index (κ1) is 9.87. The molecular formula is C5H13NO3S. The van der Waals surface area contributed by atoms with Crippen LogP contribution in [0.2, 0.25) is 0 Å². The van der Waals surface area contributed by atoms with Gasteiger partial charge in [-0.05, 0) is 19.4 Å². The van der Waals surface area contributed by atoms with E-state index in [0.29, 0.717) is 12.8 Å². The predicted molar refractivity (Wildman–Crippen MR) is 39.3 cm³/mol. The number of nitrogens with two attached hydrogens (primary N) is 1. The van der Waals surface area contributed by atoms with E-state index in [2.05, 4.69) is 0 Å². The third kappa shape index (κ3) is 3.14. The molecule has 0 saturated carbocycles. The summed E-state index contributed by atoms with van der Waals surface area (Å²) in [5, 5.41) is -0.683. The van der Waals surface area contributed by atoms with Crippen LogP contribution in [0.3, 0.4) is 0 Å². The van der Waals surface area contributed by atoms with Crippen molar-refractivity contribution in [1.82, 2.24) is 0 Å². The molecule has 0 aliphatic carbocycles. The quantitative estimate of drug-likeness (QED) is 0.577. The Morgan fingerprint density at radius 2 is 2.10 bits per heavy atom. The second-order valence-electron chi connectivity index (χ2n) is 2.12. The fraction of sp³-hybridized carbons (Fsp3) is 1.00. The van der Waals surface area contributed by atoms with Crippen LogP contribution in [0.15, 0.2) is 0 Å². The Morgan fingerprint density at radius 3 is 2.20 bits per heavy atom. The van der Waals surface area contributed by atoms with Crippen molar-refractivity contribution in [2.45, 2.75) is 25.0 Å². The van der Waals surface area contributed by atoms with E-state index in [-0.39, 0.29) is 6.54 Å². The molecule has 0 aromatic heterocycles. The van der Waals surface area contributed by atoms with Crippen molar-refractivity contribution in [3.05, 3.63) is 0 Å². The van der Waals surface area contributed by atoms with Gasteiger partial charge in [-0.25, -0.2) is 0 Å². The zero-order valence-corrected chi connectivity index (χ0v) is 6.76. The van der Waals surface area contributed by atoms with Crippen LogP contribution in [0.5, 0.6) is 0 Å². The summed E-state index contributed by atoms with van der Waals surface area (Å²) in [6, 6.07) is 0. The van der Waals surface area contributed by atoms with Crippen LogP contribution in [-0.4, -0.2) is 24.8 Å². The van der Waals surface area contributed by atoms with Gasteiger partial charge in [0.25, 0.3) is 10.1 Å². The molecule has 0 radical (unpaired) electrons. The molecule has 0 aliphatic heterocycles. The van der Waals surface area contributed by atoms with Gasteiger partial charge in [-0.3, -0.25) is 4.55 Å². The summed E-state index contributed by atoms with van der Waals surface area (Å²) in [4.78, 5) is 0. The molecule has 0 heterocycles. The van der Waals surface area contributed by atoms with E-state index in [1.165, 1.54) is 0 Å². The molecule has 62 valence electrons. The third-order valence-electron chi connectivity index (χ3n) is 1.37. The Labute approximate surface area is 61.2 Å². The zero-order valence-electron chi connectivity index (χ0n) is 5.95. The monoisotopic (exact) mass is 167 g/mol. The van der Waals surface area contributed by atoms with Gasteiger partial charge in [0.2, 0.25) is 0 Å². The van der Waals surface area contributed by atoms with Gasteiger partial charge in [0.05, 0.1) is 5.25 Å². The highest BCUT2D eigenvalue weighted by Crippen LogP contribution is 2.06. The fourth-order valence-corrected chi connectivity index (χ4v) is 1.60. The molecule has 10 heavy (non-hydrogen) atoms. The maximum absolute atomic E-state index is 10.5. The van der Waals surface area contributed by atoms with E-state index >= 15 is 0 Å². The minimum Gasteiger partial charge on any atom is -0.330 e. The molecule has 0 rings (SSSR count). The maximum Gasteiger partial charge on any atom is 0.267 e. The summed E-state index contributed by atoms with van der Waals surface area (Å²) in [7, 11) is -3.86. The van der Waals surface area contributed by atoms with Gasteiger partial charge in [0.15, 0.2) is 0 Å². The molecule has 1 unspecified atom stereocenters. The van der Waals surface area contributed by atoms with Gasteiger partial charge in [-0.15, -0.1) is 0 Å². The van der Waals surface area contributed by atoms with E-state index < -0.39 is 15.4 Å². The van der Waals surface area contributed by atoms with Crippen LogP contribution >= 0.6 is 0 Å². The molecule has 0 bridgehead atoms. The van der Waals surface area contributed by atoms with Crippen molar-refractivity contribution in [1.29, 1.82) is 0 Å². The molecule has 5 heteroatoms. The van der Waals surface area contributed by atoms with Crippen molar-refractivity contribution in [3.63, 3.8) is 0 Å². The second kappa shape index (κ2) is 3.90. The van der Waals surface area contributed by atoms with E-state index in [1.807, 2.05) is 0 Å². The van der Waals surface area contributed by atoms with Gasteiger partial charge in [0, 0.05) is 0 Å². The Balaban J connectivity index is 4.08. The lowest BCUT2D eigenvalue weighted by Gasteiger charge is -2.08.